The average molecular weight is 353 g/mol. The summed E-state index contributed by atoms with van der Waals surface area (Å²) in [6, 6.07) is 13.6. The second-order valence-electron chi connectivity index (χ2n) is 6.34. The maximum Gasteiger partial charge on any atom is 0.344 e. The molecule has 0 saturated heterocycles. The van der Waals surface area contributed by atoms with Gasteiger partial charge in [0.2, 0.25) is 0 Å². The van der Waals surface area contributed by atoms with E-state index in [0.717, 1.165) is 11.1 Å². The topological polar surface area (TPSA) is 55.8 Å². The van der Waals surface area contributed by atoms with Crippen LogP contribution in [0.2, 0.25) is 0 Å². The highest BCUT2D eigenvalue weighted by Crippen LogP contribution is 2.28. The van der Waals surface area contributed by atoms with Gasteiger partial charge in [-0.15, -0.1) is 0 Å². The molecule has 0 N–H and O–H groups in total. The van der Waals surface area contributed by atoms with Gasteiger partial charge in [0.1, 0.15) is 5.75 Å². The van der Waals surface area contributed by atoms with Crippen LogP contribution in [-0.2, 0) is 22.5 Å². The molecule has 5 heteroatoms. The van der Waals surface area contributed by atoms with Gasteiger partial charge >= 0.3 is 5.97 Å². The van der Waals surface area contributed by atoms with Crippen molar-refractivity contribution in [1.82, 2.24) is 4.90 Å². The smallest absolute Gasteiger partial charge is 0.344 e. The Morgan fingerprint density at radius 1 is 1.19 bits per heavy atom. The number of benzene rings is 2. The van der Waals surface area contributed by atoms with Crippen LogP contribution in [-0.4, -0.2) is 36.5 Å². The third kappa shape index (κ3) is 4.04. The van der Waals surface area contributed by atoms with E-state index in [1.807, 2.05) is 36.1 Å². The Morgan fingerprint density at radius 3 is 2.77 bits per heavy atom. The van der Waals surface area contributed by atoms with Gasteiger partial charge in [-0.1, -0.05) is 35.9 Å². The molecule has 0 aliphatic carbocycles. The first-order valence-electron chi connectivity index (χ1n) is 8.83. The highest BCUT2D eigenvalue weighted by atomic mass is 16.6. The molecule has 1 amide bonds. The van der Waals surface area contributed by atoms with E-state index in [-0.39, 0.29) is 12.5 Å². The lowest BCUT2D eigenvalue weighted by Crippen LogP contribution is -2.37. The van der Waals surface area contributed by atoms with E-state index < -0.39 is 5.97 Å². The van der Waals surface area contributed by atoms with Crippen molar-refractivity contribution in [2.75, 3.05) is 19.8 Å². The SMILES string of the molecule is CCOC(=O)COc1cccc2c1CCN(Cc1cccc(C)c1)C2=O. The van der Waals surface area contributed by atoms with Crippen LogP contribution in [0.3, 0.4) is 0 Å². The number of amides is 1. The van der Waals surface area contributed by atoms with Crippen molar-refractivity contribution in [3.05, 3.63) is 64.7 Å². The van der Waals surface area contributed by atoms with Gasteiger partial charge in [0, 0.05) is 24.2 Å². The van der Waals surface area contributed by atoms with Crippen LogP contribution in [0.5, 0.6) is 5.75 Å². The summed E-state index contributed by atoms with van der Waals surface area (Å²) in [6.07, 6.45) is 0.700. The van der Waals surface area contributed by atoms with Crippen molar-refractivity contribution in [3.8, 4) is 5.75 Å². The third-order valence-electron chi connectivity index (χ3n) is 4.39. The largest absolute Gasteiger partial charge is 0.482 e. The second-order valence-corrected chi connectivity index (χ2v) is 6.34. The van der Waals surface area contributed by atoms with E-state index in [4.69, 9.17) is 9.47 Å². The van der Waals surface area contributed by atoms with Crippen molar-refractivity contribution in [2.45, 2.75) is 26.8 Å². The molecule has 0 atom stereocenters. The predicted octanol–water partition coefficient (Wildman–Crippen LogP) is 3.14. The highest BCUT2D eigenvalue weighted by molar-refractivity contribution is 5.97. The number of aryl methyl sites for hydroxylation is 1. The average Bonchev–Trinajstić information content (AvgIpc) is 2.63. The van der Waals surface area contributed by atoms with Crippen molar-refractivity contribution >= 4 is 11.9 Å². The predicted molar refractivity (Wildman–Crippen MR) is 98.2 cm³/mol. The van der Waals surface area contributed by atoms with Crippen molar-refractivity contribution in [3.63, 3.8) is 0 Å². The fourth-order valence-electron chi connectivity index (χ4n) is 3.20. The van der Waals surface area contributed by atoms with Gasteiger partial charge in [-0.25, -0.2) is 4.79 Å². The van der Waals surface area contributed by atoms with Crippen LogP contribution in [0.4, 0.5) is 0 Å². The Morgan fingerprint density at radius 2 is 2.00 bits per heavy atom. The Balaban J connectivity index is 1.74. The van der Waals surface area contributed by atoms with Gasteiger partial charge < -0.3 is 14.4 Å². The van der Waals surface area contributed by atoms with Crippen LogP contribution in [0, 0.1) is 6.92 Å². The molecule has 2 aromatic carbocycles. The summed E-state index contributed by atoms with van der Waals surface area (Å²) in [5.41, 5.74) is 3.81. The highest BCUT2D eigenvalue weighted by Gasteiger charge is 2.26. The first-order chi connectivity index (χ1) is 12.6. The van der Waals surface area contributed by atoms with E-state index in [1.54, 1.807) is 19.1 Å². The fourth-order valence-corrected chi connectivity index (χ4v) is 3.20. The second kappa shape index (κ2) is 8.04. The van der Waals surface area contributed by atoms with Crippen LogP contribution < -0.4 is 4.74 Å². The number of esters is 1. The number of hydrogen-bond donors (Lipinski definition) is 0. The summed E-state index contributed by atoms with van der Waals surface area (Å²) in [7, 11) is 0. The maximum atomic E-state index is 12.9. The molecule has 5 nitrogen and oxygen atoms in total. The summed E-state index contributed by atoms with van der Waals surface area (Å²) in [5.74, 6) is 0.168. The summed E-state index contributed by atoms with van der Waals surface area (Å²) in [5, 5.41) is 0. The van der Waals surface area contributed by atoms with Crippen molar-refractivity contribution in [1.29, 1.82) is 0 Å². The monoisotopic (exact) mass is 353 g/mol. The number of fused-ring (bicyclic) bond motifs is 1. The first kappa shape index (κ1) is 18.0. The normalized spacial score (nSPS) is 13.3. The minimum Gasteiger partial charge on any atom is -0.482 e. The van der Waals surface area contributed by atoms with Gasteiger partial charge in [-0.3, -0.25) is 4.79 Å². The lowest BCUT2D eigenvalue weighted by molar-refractivity contribution is -0.145. The zero-order valence-corrected chi connectivity index (χ0v) is 15.2. The van der Waals surface area contributed by atoms with E-state index in [2.05, 4.69) is 6.07 Å². The Labute approximate surface area is 153 Å². The summed E-state index contributed by atoms with van der Waals surface area (Å²) in [4.78, 5) is 26.2. The van der Waals surface area contributed by atoms with Gasteiger partial charge in [0.05, 0.1) is 6.61 Å². The van der Waals surface area contributed by atoms with Gasteiger partial charge in [0.15, 0.2) is 6.61 Å². The van der Waals surface area contributed by atoms with Crippen LogP contribution >= 0.6 is 0 Å². The molecule has 0 fully saturated rings. The zero-order valence-electron chi connectivity index (χ0n) is 15.2. The standard InChI is InChI=1S/C21H23NO4/c1-3-25-20(23)14-26-19-9-5-8-18-17(19)10-11-22(21(18)24)13-16-7-4-6-15(2)12-16/h4-9,12H,3,10-11,13-14H2,1-2H3. The fraction of sp³-hybridized carbons (Fsp3) is 0.333. The number of rotatable bonds is 6. The molecule has 1 aliphatic heterocycles. The number of hydrogen-bond acceptors (Lipinski definition) is 4. The summed E-state index contributed by atoms with van der Waals surface area (Å²) >= 11 is 0. The minimum absolute atomic E-state index is 0.00524. The lowest BCUT2D eigenvalue weighted by atomic mass is 9.97. The van der Waals surface area contributed by atoms with E-state index in [9.17, 15) is 9.59 Å². The third-order valence-corrected chi connectivity index (χ3v) is 4.39. The molecule has 0 radical (unpaired) electrons. The summed E-state index contributed by atoms with van der Waals surface area (Å²) < 4.78 is 10.5. The van der Waals surface area contributed by atoms with Crippen molar-refractivity contribution < 1.29 is 19.1 Å². The van der Waals surface area contributed by atoms with E-state index in [0.29, 0.717) is 37.4 Å². The number of ether oxygens (including phenoxy) is 2. The molecule has 0 spiro atoms. The molecular formula is C21H23NO4. The molecular weight excluding hydrogens is 330 g/mol. The first-order valence-corrected chi connectivity index (χ1v) is 8.83. The van der Waals surface area contributed by atoms with E-state index in [1.165, 1.54) is 5.56 Å². The minimum atomic E-state index is -0.409. The molecule has 0 saturated carbocycles. The molecule has 0 aromatic heterocycles. The quantitative estimate of drug-likeness (QED) is 0.749. The molecule has 1 aliphatic rings. The van der Waals surface area contributed by atoms with E-state index >= 15 is 0 Å². The number of carbonyl (C=O) groups excluding carboxylic acids is 2. The van der Waals surface area contributed by atoms with Gasteiger partial charge in [0.25, 0.3) is 5.91 Å². The van der Waals surface area contributed by atoms with Gasteiger partial charge in [-0.2, -0.15) is 0 Å². The molecule has 0 bridgehead atoms. The summed E-state index contributed by atoms with van der Waals surface area (Å²) in [6.45, 7) is 5.19. The Hall–Kier alpha value is -2.82. The lowest BCUT2D eigenvalue weighted by Gasteiger charge is -2.29. The zero-order chi connectivity index (χ0) is 18.5. The molecule has 3 rings (SSSR count). The molecule has 136 valence electrons. The molecule has 2 aromatic rings. The Kier molecular flexibility index (Phi) is 5.56. The molecule has 26 heavy (non-hydrogen) atoms. The number of carbonyl (C=O) groups is 2. The Bertz CT molecular complexity index is 815. The van der Waals surface area contributed by atoms with Crippen LogP contribution in [0.25, 0.3) is 0 Å². The van der Waals surface area contributed by atoms with Crippen LogP contribution in [0.1, 0.15) is 34.0 Å². The van der Waals surface area contributed by atoms with Crippen molar-refractivity contribution in [2.24, 2.45) is 0 Å². The van der Waals surface area contributed by atoms with Gasteiger partial charge in [-0.05, 0) is 38.0 Å². The maximum absolute atomic E-state index is 12.9. The number of nitrogens with zero attached hydrogens (tertiary/aromatic N) is 1. The molecule has 0 unspecified atom stereocenters. The molecule has 1 heterocycles. The van der Waals surface area contributed by atoms with Crippen LogP contribution in [0.15, 0.2) is 42.5 Å².